The largest absolute Gasteiger partial charge is 0.496 e. The van der Waals surface area contributed by atoms with Gasteiger partial charge in [-0.2, -0.15) is 0 Å². The highest BCUT2D eigenvalue weighted by molar-refractivity contribution is 5.94. The van der Waals surface area contributed by atoms with Gasteiger partial charge < -0.3 is 20.3 Å². The van der Waals surface area contributed by atoms with Gasteiger partial charge in [0.15, 0.2) is 0 Å². The Balaban J connectivity index is 1.76. The fraction of sp³-hybridized carbons (Fsp3) is 0.261. The van der Waals surface area contributed by atoms with E-state index in [1.165, 1.54) is 19.2 Å². The highest BCUT2D eigenvalue weighted by Gasteiger charge is 2.13. The number of methoxy groups -OCH3 is 1. The number of ether oxygens (including phenoxy) is 1. The fourth-order valence-electron chi connectivity index (χ4n) is 2.97. The molecule has 31 heavy (non-hydrogen) atoms. The van der Waals surface area contributed by atoms with Crippen molar-refractivity contribution in [2.75, 3.05) is 39.6 Å². The van der Waals surface area contributed by atoms with Crippen molar-refractivity contribution in [3.63, 3.8) is 0 Å². The number of aryl methyl sites for hydroxylation is 1. The number of amides is 1. The molecular formula is C23H26FN5O2. The number of nitrogens with zero attached hydrogens (tertiary/aromatic N) is 3. The molecule has 0 saturated heterocycles. The Kier molecular flexibility index (Phi) is 7.15. The molecular weight excluding hydrogens is 397 g/mol. The smallest absolute Gasteiger partial charge is 0.251 e. The standard InChI is InChI=1S/C23H26FN5O2/c1-15-14-26-23(28-21(15)19-13-17(24)7-10-20(19)31-4)27-18-8-5-16(6-9-18)22(30)25-11-12-29(2)3/h5-10,13-14H,11-12H2,1-4H3,(H,25,30)(H,26,27,28). The lowest BCUT2D eigenvalue weighted by Crippen LogP contribution is -2.31. The third-order valence-electron chi connectivity index (χ3n) is 4.64. The molecule has 0 unspecified atom stereocenters. The number of rotatable bonds is 8. The van der Waals surface area contributed by atoms with E-state index >= 15 is 0 Å². The first-order valence-corrected chi connectivity index (χ1v) is 9.85. The molecule has 2 aromatic carbocycles. The number of nitrogens with one attached hydrogen (secondary N) is 2. The predicted molar refractivity (Wildman–Crippen MR) is 119 cm³/mol. The van der Waals surface area contributed by atoms with Crippen molar-refractivity contribution in [2.45, 2.75) is 6.92 Å². The molecule has 0 aliphatic heterocycles. The Bertz CT molecular complexity index is 1050. The number of hydrogen-bond acceptors (Lipinski definition) is 6. The van der Waals surface area contributed by atoms with Crippen LogP contribution in [0.5, 0.6) is 5.75 Å². The summed E-state index contributed by atoms with van der Waals surface area (Å²) in [7, 11) is 5.44. The number of anilines is 2. The molecule has 3 aromatic rings. The molecule has 0 aliphatic rings. The van der Waals surface area contributed by atoms with Gasteiger partial charge in [-0.1, -0.05) is 0 Å². The van der Waals surface area contributed by atoms with Crippen molar-refractivity contribution in [1.82, 2.24) is 20.2 Å². The maximum Gasteiger partial charge on any atom is 0.251 e. The van der Waals surface area contributed by atoms with Gasteiger partial charge in [0, 0.05) is 36.1 Å². The van der Waals surface area contributed by atoms with Crippen LogP contribution in [0.1, 0.15) is 15.9 Å². The van der Waals surface area contributed by atoms with E-state index < -0.39 is 0 Å². The van der Waals surface area contributed by atoms with Crippen LogP contribution in [0.3, 0.4) is 0 Å². The Morgan fingerprint density at radius 3 is 2.58 bits per heavy atom. The molecule has 162 valence electrons. The van der Waals surface area contributed by atoms with Crippen molar-refractivity contribution in [3.05, 3.63) is 65.6 Å². The van der Waals surface area contributed by atoms with E-state index in [9.17, 15) is 9.18 Å². The maximum absolute atomic E-state index is 13.8. The van der Waals surface area contributed by atoms with Gasteiger partial charge in [0.05, 0.1) is 12.8 Å². The van der Waals surface area contributed by atoms with Crippen LogP contribution >= 0.6 is 0 Å². The second kappa shape index (κ2) is 9.99. The van der Waals surface area contributed by atoms with Gasteiger partial charge in [0.25, 0.3) is 5.91 Å². The summed E-state index contributed by atoms with van der Waals surface area (Å²) in [4.78, 5) is 23.1. The minimum Gasteiger partial charge on any atom is -0.496 e. The second-order valence-corrected chi connectivity index (χ2v) is 7.33. The van der Waals surface area contributed by atoms with Crippen LogP contribution in [-0.2, 0) is 0 Å². The van der Waals surface area contributed by atoms with E-state index in [0.29, 0.717) is 35.1 Å². The van der Waals surface area contributed by atoms with Crippen molar-refractivity contribution in [3.8, 4) is 17.0 Å². The molecule has 0 radical (unpaired) electrons. The monoisotopic (exact) mass is 423 g/mol. The average molecular weight is 423 g/mol. The lowest BCUT2D eigenvalue weighted by atomic mass is 10.1. The molecule has 1 amide bonds. The zero-order valence-corrected chi connectivity index (χ0v) is 18.1. The molecule has 1 heterocycles. The van der Waals surface area contributed by atoms with Crippen molar-refractivity contribution in [2.24, 2.45) is 0 Å². The molecule has 0 aliphatic carbocycles. The number of carbonyl (C=O) groups is 1. The molecule has 2 N–H and O–H groups in total. The number of carbonyl (C=O) groups excluding carboxylic acids is 1. The van der Waals surface area contributed by atoms with Crippen LogP contribution in [0.4, 0.5) is 16.0 Å². The van der Waals surface area contributed by atoms with Crippen molar-refractivity contribution >= 4 is 17.5 Å². The molecule has 1 aromatic heterocycles. The molecule has 0 saturated carbocycles. The molecule has 8 heteroatoms. The average Bonchev–Trinajstić information content (AvgIpc) is 2.75. The normalized spacial score (nSPS) is 10.8. The molecule has 0 bridgehead atoms. The van der Waals surface area contributed by atoms with Gasteiger partial charge in [0.1, 0.15) is 11.6 Å². The van der Waals surface area contributed by atoms with Crippen LogP contribution in [0.15, 0.2) is 48.7 Å². The molecule has 7 nitrogen and oxygen atoms in total. The topological polar surface area (TPSA) is 79.4 Å². The summed E-state index contributed by atoms with van der Waals surface area (Å²) in [5, 5.41) is 6.00. The van der Waals surface area contributed by atoms with E-state index in [1.807, 2.05) is 25.9 Å². The van der Waals surface area contributed by atoms with Crippen LogP contribution in [0.25, 0.3) is 11.3 Å². The third kappa shape index (κ3) is 5.76. The summed E-state index contributed by atoms with van der Waals surface area (Å²) in [5.74, 6) is 0.386. The van der Waals surface area contributed by atoms with Crippen LogP contribution in [0, 0.1) is 12.7 Å². The van der Waals surface area contributed by atoms with Gasteiger partial charge in [-0.3, -0.25) is 4.79 Å². The van der Waals surface area contributed by atoms with Gasteiger partial charge in [0.2, 0.25) is 5.95 Å². The zero-order chi connectivity index (χ0) is 22.4. The van der Waals surface area contributed by atoms with Gasteiger partial charge in [-0.15, -0.1) is 0 Å². The van der Waals surface area contributed by atoms with E-state index in [0.717, 1.165) is 17.8 Å². The highest BCUT2D eigenvalue weighted by Crippen LogP contribution is 2.32. The minimum absolute atomic E-state index is 0.125. The number of likely N-dealkylation sites (N-methyl/N-ethyl adjacent to an activating group) is 1. The van der Waals surface area contributed by atoms with Crippen LogP contribution in [-0.4, -0.2) is 55.1 Å². The van der Waals surface area contributed by atoms with Gasteiger partial charge >= 0.3 is 0 Å². The van der Waals surface area contributed by atoms with Crippen LogP contribution < -0.4 is 15.4 Å². The van der Waals surface area contributed by atoms with Crippen molar-refractivity contribution in [1.29, 1.82) is 0 Å². The first-order chi connectivity index (χ1) is 14.9. The predicted octanol–water partition coefficient (Wildman–Crippen LogP) is 3.63. The number of benzene rings is 2. The summed E-state index contributed by atoms with van der Waals surface area (Å²) in [6.07, 6.45) is 1.67. The summed E-state index contributed by atoms with van der Waals surface area (Å²) in [5.41, 5.74) is 3.21. The Morgan fingerprint density at radius 1 is 1.16 bits per heavy atom. The number of aromatic nitrogens is 2. The molecule has 3 rings (SSSR count). The minimum atomic E-state index is -0.372. The van der Waals surface area contributed by atoms with Crippen LogP contribution in [0.2, 0.25) is 0 Å². The van der Waals surface area contributed by atoms with E-state index in [1.54, 1.807) is 36.5 Å². The van der Waals surface area contributed by atoms with Crippen molar-refractivity contribution < 1.29 is 13.9 Å². The first kappa shape index (κ1) is 22.2. The number of hydrogen-bond donors (Lipinski definition) is 2. The summed E-state index contributed by atoms with van der Waals surface area (Å²) in [6.45, 7) is 3.21. The Hall–Kier alpha value is -3.52. The Labute approximate surface area is 181 Å². The molecule has 0 spiro atoms. The highest BCUT2D eigenvalue weighted by atomic mass is 19.1. The van der Waals surface area contributed by atoms with E-state index in [4.69, 9.17) is 4.74 Å². The molecule has 0 atom stereocenters. The Morgan fingerprint density at radius 2 is 1.90 bits per heavy atom. The van der Waals surface area contributed by atoms with Gasteiger partial charge in [-0.05, 0) is 69.0 Å². The number of halogens is 1. The third-order valence-corrected chi connectivity index (χ3v) is 4.64. The zero-order valence-electron chi connectivity index (χ0n) is 18.1. The maximum atomic E-state index is 13.8. The SMILES string of the molecule is COc1ccc(F)cc1-c1nc(Nc2ccc(C(=O)NCCN(C)C)cc2)ncc1C. The first-order valence-electron chi connectivity index (χ1n) is 9.85. The summed E-state index contributed by atoms with van der Waals surface area (Å²) >= 11 is 0. The second-order valence-electron chi connectivity index (χ2n) is 7.33. The van der Waals surface area contributed by atoms with E-state index in [2.05, 4.69) is 20.6 Å². The van der Waals surface area contributed by atoms with Gasteiger partial charge in [-0.25, -0.2) is 14.4 Å². The molecule has 0 fully saturated rings. The summed E-state index contributed by atoms with van der Waals surface area (Å²) in [6, 6.07) is 11.3. The quantitative estimate of drug-likeness (QED) is 0.576. The van der Waals surface area contributed by atoms with E-state index in [-0.39, 0.29) is 11.7 Å². The fourth-order valence-corrected chi connectivity index (χ4v) is 2.97. The summed E-state index contributed by atoms with van der Waals surface area (Å²) < 4.78 is 19.2. The lowest BCUT2D eigenvalue weighted by molar-refractivity contribution is 0.0951. The lowest BCUT2D eigenvalue weighted by Gasteiger charge is -2.13.